The highest BCUT2D eigenvalue weighted by Gasteiger charge is 2.30. The summed E-state index contributed by atoms with van der Waals surface area (Å²) in [6.07, 6.45) is 5.84. The summed E-state index contributed by atoms with van der Waals surface area (Å²) in [5.74, 6) is 0.202. The molecule has 1 saturated heterocycles. The van der Waals surface area contributed by atoms with Gasteiger partial charge in [0.25, 0.3) is 5.56 Å². The molecule has 2 aliphatic heterocycles. The Morgan fingerprint density at radius 1 is 1.23 bits per heavy atom. The summed E-state index contributed by atoms with van der Waals surface area (Å²) < 4.78 is 1.59. The molecular weight excluding hydrogens is 378 g/mol. The highest BCUT2D eigenvalue weighted by molar-refractivity contribution is 5.79. The van der Waals surface area contributed by atoms with Gasteiger partial charge in [0.05, 0.1) is 29.5 Å². The number of aromatic nitrogens is 3. The summed E-state index contributed by atoms with van der Waals surface area (Å²) in [6.45, 7) is 10.7. The standard InChI is InChI=1S/C23H35N5O2/c1-5-16(6-2)22(29)26-12-10-18-17(14-26)23(30)28-21(24-18)13-19(25-28)20-9-7-8-11-27(20)15(3)4/h13,15-16,20,25H,5-12,14H2,1-4H3/t20-/m0/s1. The van der Waals surface area contributed by atoms with Crippen LogP contribution in [-0.4, -0.2) is 49.4 Å². The summed E-state index contributed by atoms with van der Waals surface area (Å²) in [5, 5.41) is 3.35. The molecule has 0 aromatic carbocycles. The Balaban J connectivity index is 1.67. The molecule has 4 heterocycles. The number of fused-ring (bicyclic) bond motifs is 2. The molecule has 1 N–H and O–H groups in total. The van der Waals surface area contributed by atoms with Crippen molar-refractivity contribution in [3.8, 4) is 0 Å². The Hall–Kier alpha value is -2.15. The maximum Gasteiger partial charge on any atom is 0.277 e. The zero-order chi connectivity index (χ0) is 21.4. The number of nitrogens with one attached hydrogen (secondary N) is 1. The van der Waals surface area contributed by atoms with Crippen LogP contribution in [0.2, 0.25) is 0 Å². The molecule has 1 fully saturated rings. The van der Waals surface area contributed by atoms with Crippen molar-refractivity contribution in [2.45, 2.75) is 84.8 Å². The van der Waals surface area contributed by atoms with E-state index in [9.17, 15) is 9.59 Å². The number of hydrogen-bond donors (Lipinski definition) is 1. The molecule has 1 atom stereocenters. The minimum Gasteiger partial charge on any atom is -0.337 e. The Morgan fingerprint density at radius 3 is 2.70 bits per heavy atom. The molecule has 2 aromatic heterocycles. The van der Waals surface area contributed by atoms with E-state index in [4.69, 9.17) is 4.98 Å². The normalized spacial score (nSPS) is 20.3. The second-order valence-corrected chi connectivity index (χ2v) is 9.11. The fourth-order valence-electron chi connectivity index (χ4n) is 5.16. The maximum atomic E-state index is 13.3. The summed E-state index contributed by atoms with van der Waals surface area (Å²) in [4.78, 5) is 35.3. The van der Waals surface area contributed by atoms with E-state index in [1.54, 1.807) is 4.52 Å². The van der Waals surface area contributed by atoms with Gasteiger partial charge in [-0.25, -0.2) is 9.50 Å². The third kappa shape index (κ3) is 3.68. The number of amides is 1. The molecule has 164 valence electrons. The Morgan fingerprint density at radius 2 is 2.00 bits per heavy atom. The first-order valence-electron chi connectivity index (χ1n) is 11.6. The Bertz CT molecular complexity index is 972. The number of H-pyrrole nitrogens is 1. The number of aromatic amines is 1. The van der Waals surface area contributed by atoms with Crippen LogP contribution < -0.4 is 5.56 Å². The number of carbonyl (C=O) groups is 1. The van der Waals surface area contributed by atoms with Gasteiger partial charge in [0.15, 0.2) is 5.65 Å². The van der Waals surface area contributed by atoms with Crippen LogP contribution in [0.1, 0.15) is 82.8 Å². The fourth-order valence-corrected chi connectivity index (χ4v) is 5.16. The molecular formula is C23H35N5O2. The van der Waals surface area contributed by atoms with Gasteiger partial charge in [-0.15, -0.1) is 0 Å². The molecule has 4 rings (SSSR count). The fraction of sp³-hybridized carbons (Fsp3) is 0.696. The van der Waals surface area contributed by atoms with E-state index in [-0.39, 0.29) is 17.4 Å². The molecule has 7 heteroatoms. The van der Waals surface area contributed by atoms with Crippen LogP contribution in [0.5, 0.6) is 0 Å². The lowest BCUT2D eigenvalue weighted by molar-refractivity contribution is -0.136. The topological polar surface area (TPSA) is 73.7 Å². The van der Waals surface area contributed by atoms with E-state index in [1.165, 1.54) is 12.8 Å². The Labute approximate surface area is 178 Å². The van der Waals surface area contributed by atoms with E-state index in [1.807, 2.05) is 4.90 Å². The van der Waals surface area contributed by atoms with Crippen molar-refractivity contribution >= 4 is 11.6 Å². The second-order valence-electron chi connectivity index (χ2n) is 9.11. The van der Waals surface area contributed by atoms with Gasteiger partial charge in [-0.2, -0.15) is 0 Å². The third-order valence-electron chi connectivity index (χ3n) is 6.99. The molecule has 2 aliphatic rings. The minimum atomic E-state index is -0.0600. The SMILES string of the molecule is CCC(CC)C(=O)N1CCc2nc3cc([C@@H]4CCCCN4C(C)C)[nH]n3c(=O)c2C1. The number of hydrogen-bond acceptors (Lipinski definition) is 4. The van der Waals surface area contributed by atoms with Crippen molar-refractivity contribution in [1.82, 2.24) is 24.4 Å². The predicted molar refractivity (Wildman–Crippen MR) is 117 cm³/mol. The lowest BCUT2D eigenvalue weighted by atomic mass is 9.98. The zero-order valence-corrected chi connectivity index (χ0v) is 18.8. The molecule has 1 amide bonds. The van der Waals surface area contributed by atoms with Crippen LogP contribution in [0.3, 0.4) is 0 Å². The molecule has 2 aromatic rings. The van der Waals surface area contributed by atoms with Gasteiger partial charge in [0.2, 0.25) is 5.91 Å². The van der Waals surface area contributed by atoms with Crippen molar-refractivity contribution < 1.29 is 4.79 Å². The van der Waals surface area contributed by atoms with Gasteiger partial charge < -0.3 is 4.90 Å². The number of piperidine rings is 1. The zero-order valence-electron chi connectivity index (χ0n) is 18.8. The van der Waals surface area contributed by atoms with E-state index < -0.39 is 0 Å². The summed E-state index contributed by atoms with van der Waals surface area (Å²) >= 11 is 0. The molecule has 0 bridgehead atoms. The van der Waals surface area contributed by atoms with Crippen LogP contribution in [0, 0.1) is 5.92 Å². The number of likely N-dealkylation sites (tertiary alicyclic amines) is 1. The highest BCUT2D eigenvalue weighted by atomic mass is 16.2. The monoisotopic (exact) mass is 413 g/mol. The van der Waals surface area contributed by atoms with Gasteiger partial charge in [-0.3, -0.25) is 19.6 Å². The predicted octanol–water partition coefficient (Wildman–Crippen LogP) is 3.28. The van der Waals surface area contributed by atoms with Gasteiger partial charge in [-0.05, 0) is 46.1 Å². The smallest absolute Gasteiger partial charge is 0.277 e. The molecule has 0 saturated carbocycles. The van der Waals surface area contributed by atoms with Crippen LogP contribution in [0.25, 0.3) is 5.65 Å². The van der Waals surface area contributed by atoms with Crippen molar-refractivity contribution in [2.24, 2.45) is 5.92 Å². The van der Waals surface area contributed by atoms with E-state index in [0.29, 0.717) is 42.8 Å². The van der Waals surface area contributed by atoms with Crippen molar-refractivity contribution in [3.63, 3.8) is 0 Å². The lowest BCUT2D eigenvalue weighted by Crippen LogP contribution is -2.42. The van der Waals surface area contributed by atoms with Crippen LogP contribution in [0.15, 0.2) is 10.9 Å². The van der Waals surface area contributed by atoms with Gasteiger partial charge >= 0.3 is 0 Å². The van der Waals surface area contributed by atoms with Crippen LogP contribution in [0.4, 0.5) is 0 Å². The van der Waals surface area contributed by atoms with Crippen LogP contribution in [-0.2, 0) is 17.8 Å². The third-order valence-corrected chi connectivity index (χ3v) is 6.99. The maximum absolute atomic E-state index is 13.3. The first-order valence-corrected chi connectivity index (χ1v) is 11.6. The molecule has 30 heavy (non-hydrogen) atoms. The summed E-state index contributed by atoms with van der Waals surface area (Å²) in [6, 6.07) is 2.81. The molecule has 0 aliphatic carbocycles. The number of carbonyl (C=O) groups excluding carboxylic acids is 1. The van der Waals surface area contributed by atoms with Crippen molar-refractivity contribution in [1.29, 1.82) is 0 Å². The highest BCUT2D eigenvalue weighted by Crippen LogP contribution is 2.32. The molecule has 0 spiro atoms. The van der Waals surface area contributed by atoms with Gasteiger partial charge in [0, 0.05) is 31.0 Å². The average molecular weight is 414 g/mol. The van der Waals surface area contributed by atoms with Gasteiger partial charge in [0.1, 0.15) is 0 Å². The molecule has 7 nitrogen and oxygen atoms in total. The summed E-state index contributed by atoms with van der Waals surface area (Å²) in [5.41, 5.74) is 3.22. The van der Waals surface area contributed by atoms with Crippen LogP contribution >= 0.6 is 0 Å². The first-order chi connectivity index (χ1) is 14.4. The summed E-state index contributed by atoms with van der Waals surface area (Å²) in [7, 11) is 0. The van der Waals surface area contributed by atoms with E-state index in [2.05, 4.69) is 43.8 Å². The average Bonchev–Trinajstić information content (AvgIpc) is 3.18. The minimum absolute atomic E-state index is 0.0383. The van der Waals surface area contributed by atoms with Gasteiger partial charge in [-0.1, -0.05) is 20.3 Å². The van der Waals surface area contributed by atoms with E-state index in [0.717, 1.165) is 37.2 Å². The molecule has 0 radical (unpaired) electrons. The first kappa shape index (κ1) is 21.1. The lowest BCUT2D eigenvalue weighted by Gasteiger charge is -2.37. The number of rotatable bonds is 5. The number of nitrogens with zero attached hydrogens (tertiary/aromatic N) is 4. The molecule has 0 unspecified atom stereocenters. The Kier molecular flexibility index (Phi) is 6.00. The van der Waals surface area contributed by atoms with Crippen molar-refractivity contribution in [2.75, 3.05) is 13.1 Å². The van der Waals surface area contributed by atoms with Crippen molar-refractivity contribution in [3.05, 3.63) is 33.4 Å². The van der Waals surface area contributed by atoms with E-state index >= 15 is 0 Å². The second kappa shape index (κ2) is 8.53. The largest absolute Gasteiger partial charge is 0.337 e. The quantitative estimate of drug-likeness (QED) is 0.816.